The highest BCUT2D eigenvalue weighted by Crippen LogP contribution is 2.22. The second kappa shape index (κ2) is 7.37. The number of rotatable bonds is 5. The summed E-state index contributed by atoms with van der Waals surface area (Å²) >= 11 is 0. The number of nitrogens with zero attached hydrogens (tertiary/aromatic N) is 4. The molecular formula is C17H22N4O3S. The lowest BCUT2D eigenvalue weighted by Gasteiger charge is -2.34. The molecule has 2 heterocycles. The molecule has 1 aromatic carbocycles. The number of piperazine rings is 1. The summed E-state index contributed by atoms with van der Waals surface area (Å²) in [6.45, 7) is 6.36. The number of sulfonamides is 1. The van der Waals surface area contributed by atoms with Crippen LogP contribution >= 0.6 is 0 Å². The number of aromatic nitrogens is 2. The number of anilines is 1. The molecule has 25 heavy (non-hydrogen) atoms. The van der Waals surface area contributed by atoms with E-state index in [0.29, 0.717) is 43.4 Å². The van der Waals surface area contributed by atoms with Crippen LogP contribution in [0, 0.1) is 6.92 Å². The van der Waals surface area contributed by atoms with Crippen LogP contribution in [0.3, 0.4) is 0 Å². The van der Waals surface area contributed by atoms with Crippen LogP contribution < -0.4 is 9.64 Å². The number of benzene rings is 1. The molecule has 1 aromatic heterocycles. The second-order valence-electron chi connectivity index (χ2n) is 5.83. The smallest absolute Gasteiger partial charge is 0.243 e. The zero-order chi connectivity index (χ0) is 17.9. The fourth-order valence-electron chi connectivity index (χ4n) is 2.74. The molecule has 3 rings (SSSR count). The van der Waals surface area contributed by atoms with Gasteiger partial charge in [-0.15, -0.1) is 5.10 Å². The summed E-state index contributed by atoms with van der Waals surface area (Å²) in [5.74, 6) is 1.45. The van der Waals surface area contributed by atoms with Crippen molar-refractivity contribution < 1.29 is 13.2 Å². The molecule has 1 saturated heterocycles. The van der Waals surface area contributed by atoms with Crippen molar-refractivity contribution in [3.8, 4) is 5.75 Å². The van der Waals surface area contributed by atoms with E-state index < -0.39 is 10.0 Å². The Labute approximate surface area is 148 Å². The molecule has 1 aliphatic rings. The zero-order valence-corrected chi connectivity index (χ0v) is 15.2. The van der Waals surface area contributed by atoms with E-state index in [0.717, 1.165) is 11.5 Å². The minimum Gasteiger partial charge on any atom is -0.494 e. The van der Waals surface area contributed by atoms with Crippen LogP contribution in [0.4, 0.5) is 5.82 Å². The van der Waals surface area contributed by atoms with Crippen molar-refractivity contribution in [2.45, 2.75) is 18.7 Å². The lowest BCUT2D eigenvalue weighted by Crippen LogP contribution is -2.49. The highest BCUT2D eigenvalue weighted by Gasteiger charge is 2.29. The Bertz CT molecular complexity index is 799. The van der Waals surface area contributed by atoms with Gasteiger partial charge in [0.1, 0.15) is 5.75 Å². The van der Waals surface area contributed by atoms with Crippen molar-refractivity contribution in [2.75, 3.05) is 37.7 Å². The van der Waals surface area contributed by atoms with Gasteiger partial charge in [0.25, 0.3) is 0 Å². The van der Waals surface area contributed by atoms with Crippen LogP contribution in [-0.4, -0.2) is 55.7 Å². The van der Waals surface area contributed by atoms with Crippen molar-refractivity contribution >= 4 is 15.8 Å². The van der Waals surface area contributed by atoms with Crippen molar-refractivity contribution in [1.82, 2.24) is 14.5 Å². The molecule has 0 unspecified atom stereocenters. The van der Waals surface area contributed by atoms with E-state index >= 15 is 0 Å². The molecule has 0 atom stereocenters. The highest BCUT2D eigenvalue weighted by molar-refractivity contribution is 7.89. The fourth-order valence-corrected chi connectivity index (χ4v) is 4.16. The quantitative estimate of drug-likeness (QED) is 0.806. The van der Waals surface area contributed by atoms with E-state index in [9.17, 15) is 8.42 Å². The van der Waals surface area contributed by atoms with Gasteiger partial charge in [0.05, 0.1) is 17.2 Å². The van der Waals surface area contributed by atoms with Crippen molar-refractivity contribution in [3.63, 3.8) is 0 Å². The summed E-state index contributed by atoms with van der Waals surface area (Å²) < 4.78 is 32.4. The molecule has 7 nitrogen and oxygen atoms in total. The average Bonchev–Trinajstić information content (AvgIpc) is 2.63. The third-order valence-electron chi connectivity index (χ3n) is 4.12. The fraction of sp³-hybridized carbons (Fsp3) is 0.412. The molecule has 0 N–H and O–H groups in total. The third-order valence-corrected chi connectivity index (χ3v) is 6.03. The summed E-state index contributed by atoms with van der Waals surface area (Å²) in [5, 5.41) is 8.23. The first-order valence-corrected chi connectivity index (χ1v) is 9.73. The SMILES string of the molecule is CCOc1ccc(S(=O)(=O)N2CCN(c3ccc(C)nn3)CC2)cc1. The van der Waals surface area contributed by atoms with Crippen LogP contribution in [-0.2, 0) is 10.0 Å². The minimum atomic E-state index is -3.49. The number of ether oxygens (including phenoxy) is 1. The predicted molar refractivity (Wildman–Crippen MR) is 95.4 cm³/mol. The van der Waals surface area contributed by atoms with Crippen LogP contribution in [0.25, 0.3) is 0 Å². The van der Waals surface area contributed by atoms with E-state index in [1.807, 2.05) is 26.0 Å². The Kier molecular flexibility index (Phi) is 5.19. The van der Waals surface area contributed by atoms with Gasteiger partial charge in [-0.2, -0.15) is 9.40 Å². The zero-order valence-electron chi connectivity index (χ0n) is 14.4. The van der Waals surface area contributed by atoms with Crippen molar-refractivity contribution in [1.29, 1.82) is 0 Å². The predicted octanol–water partition coefficient (Wildman–Crippen LogP) is 1.69. The van der Waals surface area contributed by atoms with E-state index in [1.54, 1.807) is 24.3 Å². The van der Waals surface area contributed by atoms with Gasteiger partial charge in [-0.05, 0) is 50.2 Å². The maximum absolute atomic E-state index is 12.8. The molecule has 0 spiro atoms. The van der Waals surface area contributed by atoms with Gasteiger partial charge in [-0.25, -0.2) is 8.42 Å². The summed E-state index contributed by atoms with van der Waals surface area (Å²) in [4.78, 5) is 2.34. The first-order valence-electron chi connectivity index (χ1n) is 8.29. The third kappa shape index (κ3) is 3.91. The van der Waals surface area contributed by atoms with Gasteiger partial charge in [-0.3, -0.25) is 0 Å². The molecule has 2 aromatic rings. The molecule has 8 heteroatoms. The van der Waals surface area contributed by atoms with Gasteiger partial charge in [-0.1, -0.05) is 0 Å². The van der Waals surface area contributed by atoms with Gasteiger partial charge >= 0.3 is 0 Å². The Morgan fingerprint density at radius 1 is 1.00 bits per heavy atom. The number of aryl methyl sites for hydroxylation is 1. The normalized spacial score (nSPS) is 16.0. The average molecular weight is 362 g/mol. The largest absolute Gasteiger partial charge is 0.494 e. The number of hydrogen-bond donors (Lipinski definition) is 0. The summed E-state index contributed by atoms with van der Waals surface area (Å²) in [6, 6.07) is 10.4. The highest BCUT2D eigenvalue weighted by atomic mass is 32.2. The molecule has 1 fully saturated rings. The van der Waals surface area contributed by atoms with Crippen molar-refractivity contribution in [3.05, 3.63) is 42.1 Å². The van der Waals surface area contributed by atoms with Crippen LogP contribution in [0.1, 0.15) is 12.6 Å². The lowest BCUT2D eigenvalue weighted by atomic mass is 10.3. The Balaban J connectivity index is 1.67. The Morgan fingerprint density at radius 3 is 2.24 bits per heavy atom. The molecule has 1 aliphatic heterocycles. The van der Waals surface area contributed by atoms with Gasteiger partial charge in [0.2, 0.25) is 10.0 Å². The topological polar surface area (TPSA) is 75.6 Å². The molecule has 0 aliphatic carbocycles. The first kappa shape index (κ1) is 17.6. The maximum atomic E-state index is 12.8. The van der Waals surface area contributed by atoms with E-state index in [1.165, 1.54) is 4.31 Å². The minimum absolute atomic E-state index is 0.291. The van der Waals surface area contributed by atoms with Crippen LogP contribution in [0.2, 0.25) is 0 Å². The monoisotopic (exact) mass is 362 g/mol. The van der Waals surface area contributed by atoms with Crippen LogP contribution in [0.5, 0.6) is 5.75 Å². The molecule has 134 valence electrons. The van der Waals surface area contributed by atoms with E-state index in [-0.39, 0.29) is 0 Å². The Morgan fingerprint density at radius 2 is 1.68 bits per heavy atom. The molecule has 0 amide bonds. The molecule has 0 radical (unpaired) electrons. The standard InChI is InChI=1S/C17H22N4O3S/c1-3-24-15-5-7-16(8-6-15)25(22,23)21-12-10-20(11-13-21)17-9-4-14(2)18-19-17/h4-9H,3,10-13H2,1-2H3. The van der Waals surface area contributed by atoms with Gasteiger partial charge < -0.3 is 9.64 Å². The van der Waals surface area contributed by atoms with E-state index in [2.05, 4.69) is 15.1 Å². The molecule has 0 saturated carbocycles. The van der Waals surface area contributed by atoms with Crippen molar-refractivity contribution in [2.24, 2.45) is 0 Å². The molecule has 0 bridgehead atoms. The van der Waals surface area contributed by atoms with Gasteiger partial charge in [0, 0.05) is 26.2 Å². The second-order valence-corrected chi connectivity index (χ2v) is 7.77. The summed E-state index contributed by atoms with van der Waals surface area (Å²) in [7, 11) is -3.49. The first-order chi connectivity index (χ1) is 12.0. The van der Waals surface area contributed by atoms with Gasteiger partial charge in [0.15, 0.2) is 5.82 Å². The van der Waals surface area contributed by atoms with Crippen LogP contribution in [0.15, 0.2) is 41.3 Å². The summed E-state index contributed by atoms with van der Waals surface area (Å²) in [5.41, 5.74) is 0.862. The lowest BCUT2D eigenvalue weighted by molar-refractivity contribution is 0.340. The summed E-state index contributed by atoms with van der Waals surface area (Å²) in [6.07, 6.45) is 0. The number of hydrogen-bond acceptors (Lipinski definition) is 6. The molecular weight excluding hydrogens is 340 g/mol. The maximum Gasteiger partial charge on any atom is 0.243 e. The van der Waals surface area contributed by atoms with E-state index in [4.69, 9.17) is 4.74 Å². The Hall–Kier alpha value is -2.19.